The number of methoxy groups -OCH3 is 1. The Morgan fingerprint density at radius 2 is 1.88 bits per heavy atom. The lowest BCUT2D eigenvalue weighted by molar-refractivity contribution is 0.273. The first kappa shape index (κ1) is 22.8. The number of hydrogen-bond acceptors (Lipinski definition) is 7. The van der Waals surface area contributed by atoms with Crippen LogP contribution < -0.4 is 24.3 Å². The molecular weight excluding hydrogens is 438 g/mol. The fourth-order valence-corrected chi connectivity index (χ4v) is 4.18. The Hall–Kier alpha value is -3.39. The van der Waals surface area contributed by atoms with Crippen molar-refractivity contribution in [2.45, 2.75) is 27.2 Å². The molecule has 0 aliphatic carbocycles. The molecule has 2 aromatic carbocycles. The van der Waals surface area contributed by atoms with E-state index in [0.29, 0.717) is 45.9 Å². The Morgan fingerprint density at radius 1 is 1.09 bits per heavy atom. The Morgan fingerprint density at radius 3 is 2.55 bits per heavy atom. The minimum Gasteiger partial charge on any atom is -0.494 e. The van der Waals surface area contributed by atoms with Gasteiger partial charge in [0.2, 0.25) is 4.96 Å². The van der Waals surface area contributed by atoms with Gasteiger partial charge in [0.05, 0.1) is 24.9 Å². The molecule has 8 heteroatoms. The third-order valence-electron chi connectivity index (χ3n) is 5.04. The molecule has 0 N–H and O–H groups in total. The largest absolute Gasteiger partial charge is 0.494 e. The molecule has 4 aromatic rings. The second-order valence-electron chi connectivity index (χ2n) is 7.94. The molecule has 0 aliphatic heterocycles. The van der Waals surface area contributed by atoms with Gasteiger partial charge in [-0.1, -0.05) is 31.3 Å². The molecule has 0 unspecified atom stereocenters. The molecule has 0 saturated heterocycles. The number of aromatic nitrogens is 3. The molecule has 0 fully saturated rings. The molecular formula is C25H27N3O4S. The van der Waals surface area contributed by atoms with Crippen LogP contribution in [0.4, 0.5) is 0 Å². The van der Waals surface area contributed by atoms with Crippen molar-refractivity contribution in [1.29, 1.82) is 0 Å². The van der Waals surface area contributed by atoms with Crippen molar-refractivity contribution in [3.05, 3.63) is 62.9 Å². The maximum absolute atomic E-state index is 12.9. The lowest BCUT2D eigenvalue weighted by Gasteiger charge is -2.12. The molecule has 0 bridgehead atoms. The van der Waals surface area contributed by atoms with Gasteiger partial charge in [0.25, 0.3) is 5.56 Å². The summed E-state index contributed by atoms with van der Waals surface area (Å²) in [4.78, 5) is 18.0. The zero-order chi connectivity index (χ0) is 23.4. The third-order valence-corrected chi connectivity index (χ3v) is 6.00. The average Bonchev–Trinajstić information content (AvgIpc) is 3.34. The van der Waals surface area contributed by atoms with Crippen molar-refractivity contribution in [2.24, 2.45) is 5.92 Å². The summed E-state index contributed by atoms with van der Waals surface area (Å²) >= 11 is 1.30. The SMILES string of the molecule is CCOc1ccc(-c2nc3s/c(=C/c4ccc(OCCC(C)C)c(OC)c4)c(=O)n3n2)cc1. The topological polar surface area (TPSA) is 75.0 Å². The van der Waals surface area contributed by atoms with E-state index in [4.69, 9.17) is 14.2 Å². The van der Waals surface area contributed by atoms with Gasteiger partial charge >= 0.3 is 0 Å². The highest BCUT2D eigenvalue weighted by molar-refractivity contribution is 7.15. The molecule has 0 spiro atoms. The van der Waals surface area contributed by atoms with E-state index in [0.717, 1.165) is 23.3 Å². The predicted octanol–water partition coefficient (Wildman–Crippen LogP) is 4.20. The molecule has 2 aromatic heterocycles. The number of ether oxygens (including phenoxy) is 3. The molecule has 33 heavy (non-hydrogen) atoms. The number of nitrogens with zero attached hydrogens (tertiary/aromatic N) is 3. The minimum atomic E-state index is -0.198. The standard InChI is InChI=1S/C25H27N3O4S/c1-5-31-19-9-7-18(8-10-19)23-26-25-28(27-23)24(29)22(33-25)15-17-6-11-20(21(14-17)30-4)32-13-12-16(2)3/h6-11,14-16H,5,12-13H2,1-4H3/b22-15+. The quantitative estimate of drug-likeness (QED) is 0.369. The fourth-order valence-electron chi connectivity index (χ4n) is 3.27. The van der Waals surface area contributed by atoms with E-state index in [9.17, 15) is 4.79 Å². The van der Waals surface area contributed by atoms with Crippen molar-refractivity contribution in [2.75, 3.05) is 20.3 Å². The van der Waals surface area contributed by atoms with E-state index in [1.165, 1.54) is 15.9 Å². The fraction of sp³-hybridized carbons (Fsp3) is 0.320. The number of fused-ring (bicyclic) bond motifs is 1. The van der Waals surface area contributed by atoms with E-state index >= 15 is 0 Å². The highest BCUT2D eigenvalue weighted by Crippen LogP contribution is 2.29. The molecule has 0 amide bonds. The summed E-state index contributed by atoms with van der Waals surface area (Å²) < 4.78 is 18.7. The summed E-state index contributed by atoms with van der Waals surface area (Å²) in [5, 5.41) is 4.41. The van der Waals surface area contributed by atoms with Crippen LogP contribution in [0.3, 0.4) is 0 Å². The number of hydrogen-bond donors (Lipinski definition) is 0. The Bertz CT molecular complexity index is 1340. The van der Waals surface area contributed by atoms with Gasteiger partial charge in [0.15, 0.2) is 17.3 Å². The van der Waals surface area contributed by atoms with Crippen LogP contribution in [0.25, 0.3) is 22.4 Å². The zero-order valence-electron chi connectivity index (χ0n) is 19.2. The molecule has 0 saturated carbocycles. The van der Waals surface area contributed by atoms with Crippen LogP contribution in [0.5, 0.6) is 17.2 Å². The molecule has 0 radical (unpaired) electrons. The van der Waals surface area contributed by atoms with Crippen LogP contribution in [-0.2, 0) is 0 Å². The van der Waals surface area contributed by atoms with Gasteiger partial charge in [-0.25, -0.2) is 0 Å². The van der Waals surface area contributed by atoms with Crippen LogP contribution in [-0.4, -0.2) is 34.9 Å². The van der Waals surface area contributed by atoms with Crippen LogP contribution in [0, 0.1) is 5.92 Å². The Kier molecular flexibility index (Phi) is 6.93. The third kappa shape index (κ3) is 5.17. The summed E-state index contributed by atoms with van der Waals surface area (Å²) in [6.45, 7) is 7.50. The van der Waals surface area contributed by atoms with E-state index in [-0.39, 0.29) is 5.56 Å². The van der Waals surface area contributed by atoms with E-state index < -0.39 is 0 Å². The monoisotopic (exact) mass is 465 g/mol. The first-order valence-corrected chi connectivity index (χ1v) is 11.8. The van der Waals surface area contributed by atoms with Gasteiger partial charge in [-0.3, -0.25) is 4.79 Å². The van der Waals surface area contributed by atoms with Crippen molar-refractivity contribution < 1.29 is 14.2 Å². The van der Waals surface area contributed by atoms with Crippen LogP contribution in [0.2, 0.25) is 0 Å². The van der Waals surface area contributed by atoms with Crippen LogP contribution in [0.15, 0.2) is 47.3 Å². The van der Waals surface area contributed by atoms with Gasteiger partial charge in [-0.15, -0.1) is 5.10 Å². The zero-order valence-corrected chi connectivity index (χ0v) is 20.0. The van der Waals surface area contributed by atoms with Crippen molar-refractivity contribution in [1.82, 2.24) is 14.6 Å². The van der Waals surface area contributed by atoms with Crippen LogP contribution in [0.1, 0.15) is 32.8 Å². The maximum atomic E-state index is 12.9. The first-order chi connectivity index (χ1) is 16.0. The lowest BCUT2D eigenvalue weighted by Crippen LogP contribution is -2.23. The summed E-state index contributed by atoms with van der Waals surface area (Å²) in [6, 6.07) is 13.2. The number of benzene rings is 2. The van der Waals surface area contributed by atoms with Crippen LogP contribution >= 0.6 is 11.3 Å². The van der Waals surface area contributed by atoms with Crippen molar-refractivity contribution in [3.8, 4) is 28.6 Å². The summed E-state index contributed by atoms with van der Waals surface area (Å²) in [5.41, 5.74) is 1.48. The molecule has 7 nitrogen and oxygen atoms in total. The average molecular weight is 466 g/mol. The van der Waals surface area contributed by atoms with Gasteiger partial charge in [-0.2, -0.15) is 9.50 Å². The second-order valence-corrected chi connectivity index (χ2v) is 8.95. The Balaban J connectivity index is 1.59. The lowest BCUT2D eigenvalue weighted by atomic mass is 10.1. The molecule has 4 rings (SSSR count). The summed E-state index contributed by atoms with van der Waals surface area (Å²) in [6.07, 6.45) is 2.79. The van der Waals surface area contributed by atoms with Gasteiger partial charge < -0.3 is 14.2 Å². The smallest absolute Gasteiger partial charge is 0.291 e. The highest BCUT2D eigenvalue weighted by Gasteiger charge is 2.13. The number of rotatable bonds is 9. The minimum absolute atomic E-state index is 0.198. The predicted molar refractivity (Wildman–Crippen MR) is 130 cm³/mol. The molecule has 0 aliphatic rings. The Labute approximate surface area is 196 Å². The second kappa shape index (κ2) is 10.0. The molecule has 172 valence electrons. The maximum Gasteiger partial charge on any atom is 0.291 e. The van der Waals surface area contributed by atoms with Gasteiger partial charge in [0.1, 0.15) is 5.75 Å². The van der Waals surface area contributed by atoms with Gasteiger partial charge in [0, 0.05) is 5.56 Å². The van der Waals surface area contributed by atoms with E-state index in [2.05, 4.69) is 23.9 Å². The summed E-state index contributed by atoms with van der Waals surface area (Å²) in [5.74, 6) is 3.20. The molecule has 2 heterocycles. The van der Waals surface area contributed by atoms with Crippen molar-refractivity contribution >= 4 is 22.4 Å². The normalized spacial score (nSPS) is 12.0. The van der Waals surface area contributed by atoms with E-state index in [1.807, 2.05) is 55.5 Å². The number of thiazole rings is 1. The molecule has 0 atom stereocenters. The summed E-state index contributed by atoms with van der Waals surface area (Å²) in [7, 11) is 1.61. The van der Waals surface area contributed by atoms with Crippen molar-refractivity contribution in [3.63, 3.8) is 0 Å². The highest BCUT2D eigenvalue weighted by atomic mass is 32.1. The van der Waals surface area contributed by atoms with Gasteiger partial charge in [-0.05, 0) is 67.3 Å². The van der Waals surface area contributed by atoms with E-state index in [1.54, 1.807) is 7.11 Å². The first-order valence-electron chi connectivity index (χ1n) is 10.9.